The van der Waals surface area contributed by atoms with Crippen LogP contribution in [0.5, 0.6) is 0 Å². The second-order valence-electron chi connectivity index (χ2n) is 10.8. The third-order valence-corrected chi connectivity index (χ3v) is 9.26. The maximum absolute atomic E-state index is 14.4. The number of amides is 2. The van der Waals surface area contributed by atoms with Crippen molar-refractivity contribution in [3.05, 3.63) is 132 Å². The third-order valence-electron chi connectivity index (χ3n) is 7.47. The summed E-state index contributed by atoms with van der Waals surface area (Å²) in [7, 11) is -4.17. The minimum absolute atomic E-state index is 0.0301. The van der Waals surface area contributed by atoms with Crippen molar-refractivity contribution in [2.24, 2.45) is 0 Å². The van der Waals surface area contributed by atoms with E-state index in [0.717, 1.165) is 15.4 Å². The van der Waals surface area contributed by atoms with Crippen LogP contribution < -0.4 is 9.62 Å². The van der Waals surface area contributed by atoms with E-state index >= 15 is 0 Å². The summed E-state index contributed by atoms with van der Waals surface area (Å²) in [5.41, 5.74) is 2.68. The lowest BCUT2D eigenvalue weighted by Gasteiger charge is -2.34. The molecule has 4 aromatic carbocycles. The van der Waals surface area contributed by atoms with Gasteiger partial charge in [0.1, 0.15) is 18.4 Å². The lowest BCUT2D eigenvalue weighted by atomic mass is 10.0. The second kappa shape index (κ2) is 14.8. The maximum Gasteiger partial charge on any atom is 0.264 e. The Labute approximate surface area is 259 Å². The molecule has 230 valence electrons. The predicted molar refractivity (Wildman–Crippen MR) is 171 cm³/mol. The van der Waals surface area contributed by atoms with Crippen LogP contribution in [0.4, 0.5) is 10.1 Å². The number of benzene rings is 4. The Morgan fingerprint density at radius 1 is 0.818 bits per heavy atom. The number of halogens is 1. The van der Waals surface area contributed by atoms with Crippen LogP contribution in [0.1, 0.15) is 37.0 Å². The quantitative estimate of drug-likeness (QED) is 0.203. The van der Waals surface area contributed by atoms with Gasteiger partial charge in [-0.2, -0.15) is 0 Å². The lowest BCUT2D eigenvalue weighted by molar-refractivity contribution is -0.140. The first kappa shape index (κ1) is 32.4. The summed E-state index contributed by atoms with van der Waals surface area (Å²) in [6.45, 7) is 5.14. The van der Waals surface area contributed by atoms with E-state index in [2.05, 4.69) is 5.32 Å². The molecule has 0 aliphatic carbocycles. The van der Waals surface area contributed by atoms with E-state index < -0.39 is 34.3 Å². The molecule has 0 saturated carbocycles. The molecular weight excluding hydrogens is 577 g/mol. The summed E-state index contributed by atoms with van der Waals surface area (Å²) in [5.74, 6) is -1.36. The summed E-state index contributed by atoms with van der Waals surface area (Å²) in [5, 5.41) is 3.00. The van der Waals surface area contributed by atoms with Crippen LogP contribution in [0.15, 0.2) is 114 Å². The van der Waals surface area contributed by atoms with Gasteiger partial charge in [-0.1, -0.05) is 85.3 Å². The first-order chi connectivity index (χ1) is 21.1. The van der Waals surface area contributed by atoms with Gasteiger partial charge in [0.15, 0.2) is 0 Å². The Kier molecular flexibility index (Phi) is 10.9. The molecule has 9 heteroatoms. The molecule has 0 saturated heterocycles. The van der Waals surface area contributed by atoms with Crippen LogP contribution in [-0.4, -0.2) is 43.8 Å². The number of carbonyl (C=O) groups excluding carboxylic acids is 2. The predicted octanol–water partition coefficient (Wildman–Crippen LogP) is 5.88. The van der Waals surface area contributed by atoms with Gasteiger partial charge in [-0.05, 0) is 67.8 Å². The van der Waals surface area contributed by atoms with Gasteiger partial charge in [0.25, 0.3) is 10.0 Å². The minimum atomic E-state index is -4.17. The van der Waals surface area contributed by atoms with Gasteiger partial charge in [-0.15, -0.1) is 0 Å². The van der Waals surface area contributed by atoms with Crippen LogP contribution in [0.2, 0.25) is 0 Å². The van der Waals surface area contributed by atoms with Gasteiger partial charge in [0.2, 0.25) is 11.8 Å². The summed E-state index contributed by atoms with van der Waals surface area (Å²) >= 11 is 0. The average molecular weight is 616 g/mol. The monoisotopic (exact) mass is 615 g/mol. The van der Waals surface area contributed by atoms with Gasteiger partial charge in [0, 0.05) is 19.0 Å². The summed E-state index contributed by atoms with van der Waals surface area (Å²) in [4.78, 5) is 29.7. The van der Waals surface area contributed by atoms with E-state index in [1.54, 1.807) is 54.6 Å². The molecule has 0 unspecified atom stereocenters. The molecule has 0 aromatic heterocycles. The van der Waals surface area contributed by atoms with Crippen molar-refractivity contribution < 1.29 is 22.4 Å². The van der Waals surface area contributed by atoms with Crippen LogP contribution >= 0.6 is 0 Å². The lowest BCUT2D eigenvalue weighted by Crippen LogP contribution is -2.54. The van der Waals surface area contributed by atoms with Gasteiger partial charge in [0.05, 0.1) is 10.6 Å². The molecule has 2 amide bonds. The molecule has 4 aromatic rings. The zero-order valence-electron chi connectivity index (χ0n) is 25.2. The fourth-order valence-electron chi connectivity index (χ4n) is 4.74. The Hall–Kier alpha value is -4.50. The fourth-order valence-corrected chi connectivity index (χ4v) is 6.18. The first-order valence-corrected chi connectivity index (χ1v) is 16.0. The largest absolute Gasteiger partial charge is 0.352 e. The van der Waals surface area contributed by atoms with E-state index in [4.69, 9.17) is 0 Å². The Morgan fingerprint density at radius 3 is 2.00 bits per heavy atom. The van der Waals surface area contributed by atoms with E-state index in [9.17, 15) is 22.4 Å². The number of nitrogens with one attached hydrogen (secondary N) is 1. The minimum Gasteiger partial charge on any atom is -0.352 e. The van der Waals surface area contributed by atoms with Crippen molar-refractivity contribution in [3.8, 4) is 0 Å². The van der Waals surface area contributed by atoms with E-state index in [0.29, 0.717) is 17.7 Å². The first-order valence-electron chi connectivity index (χ1n) is 14.6. The van der Waals surface area contributed by atoms with E-state index in [-0.39, 0.29) is 29.8 Å². The average Bonchev–Trinajstić information content (AvgIpc) is 3.03. The van der Waals surface area contributed by atoms with Gasteiger partial charge >= 0.3 is 0 Å². The SMILES string of the molecule is CC[C@H](C)NC(=O)[C@H](Cc1ccccc1)N(Cc1ccc(F)cc1)C(=O)CN(c1ccc(C)cc1)S(=O)(=O)c1ccccc1. The molecule has 0 bridgehead atoms. The molecule has 0 radical (unpaired) electrons. The Balaban J connectivity index is 1.79. The normalized spacial score (nSPS) is 12.6. The molecule has 2 atom stereocenters. The zero-order valence-corrected chi connectivity index (χ0v) is 26.0. The van der Waals surface area contributed by atoms with Gasteiger partial charge in [-0.25, -0.2) is 12.8 Å². The standard InChI is InChI=1S/C35H38FN3O4S/c1-4-27(3)37-35(41)33(23-28-11-7-5-8-12-28)38(24-29-17-19-30(36)20-18-29)34(40)25-39(31-21-15-26(2)16-22-31)44(42,43)32-13-9-6-10-14-32/h5-22,27,33H,4,23-25H2,1-3H3,(H,37,41)/t27-,33-/m0/s1. The number of hydrogen-bond acceptors (Lipinski definition) is 4. The number of nitrogens with zero attached hydrogens (tertiary/aromatic N) is 2. The molecule has 0 spiro atoms. The molecule has 4 rings (SSSR count). The highest BCUT2D eigenvalue weighted by molar-refractivity contribution is 7.92. The maximum atomic E-state index is 14.4. The summed E-state index contributed by atoms with van der Waals surface area (Å²) in [6, 6.07) is 28.7. The second-order valence-corrected chi connectivity index (χ2v) is 12.7. The molecule has 7 nitrogen and oxygen atoms in total. The fraction of sp³-hybridized carbons (Fsp3) is 0.257. The topological polar surface area (TPSA) is 86.8 Å². The van der Waals surface area contributed by atoms with Crippen LogP contribution in [-0.2, 0) is 32.6 Å². The summed E-state index contributed by atoms with van der Waals surface area (Å²) < 4.78 is 42.8. The molecule has 0 heterocycles. The van der Waals surface area contributed by atoms with Crippen LogP contribution in [0.3, 0.4) is 0 Å². The van der Waals surface area contributed by atoms with Crippen molar-refractivity contribution >= 4 is 27.5 Å². The van der Waals surface area contributed by atoms with Gasteiger partial charge < -0.3 is 10.2 Å². The van der Waals surface area contributed by atoms with Crippen molar-refractivity contribution in [3.63, 3.8) is 0 Å². The highest BCUT2D eigenvalue weighted by Gasteiger charge is 2.35. The Morgan fingerprint density at radius 2 is 1.41 bits per heavy atom. The van der Waals surface area contributed by atoms with Crippen molar-refractivity contribution in [1.29, 1.82) is 0 Å². The highest BCUT2D eigenvalue weighted by atomic mass is 32.2. The number of anilines is 1. The number of hydrogen-bond donors (Lipinski definition) is 1. The van der Waals surface area contributed by atoms with Gasteiger partial charge in [-0.3, -0.25) is 13.9 Å². The smallest absolute Gasteiger partial charge is 0.264 e. The van der Waals surface area contributed by atoms with E-state index in [1.165, 1.54) is 29.2 Å². The number of sulfonamides is 1. The highest BCUT2D eigenvalue weighted by Crippen LogP contribution is 2.25. The van der Waals surface area contributed by atoms with Crippen molar-refractivity contribution in [2.45, 2.75) is 57.1 Å². The molecule has 1 N–H and O–H groups in total. The van der Waals surface area contributed by atoms with Crippen LogP contribution in [0.25, 0.3) is 0 Å². The summed E-state index contributed by atoms with van der Waals surface area (Å²) in [6.07, 6.45) is 0.887. The number of aryl methyl sites for hydroxylation is 1. The zero-order chi connectivity index (χ0) is 31.7. The van der Waals surface area contributed by atoms with Crippen molar-refractivity contribution in [1.82, 2.24) is 10.2 Å². The Bertz CT molecular complexity index is 1630. The molecule has 0 aliphatic heterocycles. The molecule has 44 heavy (non-hydrogen) atoms. The molecule has 0 aliphatic rings. The van der Waals surface area contributed by atoms with E-state index in [1.807, 2.05) is 51.1 Å². The number of carbonyl (C=O) groups is 2. The molecule has 0 fully saturated rings. The van der Waals surface area contributed by atoms with Crippen molar-refractivity contribution in [2.75, 3.05) is 10.8 Å². The van der Waals surface area contributed by atoms with Crippen LogP contribution in [0, 0.1) is 12.7 Å². The third kappa shape index (κ3) is 8.32. The molecular formula is C35H38FN3O4S. The number of rotatable bonds is 13.